The van der Waals surface area contributed by atoms with E-state index in [1.807, 2.05) is 42.5 Å². The predicted molar refractivity (Wildman–Crippen MR) is 97.1 cm³/mol. The summed E-state index contributed by atoms with van der Waals surface area (Å²) < 4.78 is 10.7. The predicted octanol–water partition coefficient (Wildman–Crippen LogP) is 2.96. The zero-order valence-electron chi connectivity index (χ0n) is 14.1. The quantitative estimate of drug-likeness (QED) is 0.722. The molecule has 2 aromatic carbocycles. The smallest absolute Gasteiger partial charge is 0.249 e. The Morgan fingerprint density at radius 3 is 2.64 bits per heavy atom. The molecule has 1 aromatic heterocycles. The monoisotopic (exact) mass is 337 g/mol. The lowest BCUT2D eigenvalue weighted by Gasteiger charge is -2.14. The molecule has 0 radical (unpaired) electrons. The zero-order valence-corrected chi connectivity index (χ0v) is 14.1. The molecule has 0 aliphatic carbocycles. The molecule has 0 bridgehead atoms. The molecular formula is C19H19N3O3. The van der Waals surface area contributed by atoms with Gasteiger partial charge in [-0.2, -0.15) is 0 Å². The van der Waals surface area contributed by atoms with Gasteiger partial charge in [0.1, 0.15) is 5.82 Å². The van der Waals surface area contributed by atoms with Crippen LogP contribution in [-0.4, -0.2) is 25.1 Å². The molecule has 0 spiro atoms. The van der Waals surface area contributed by atoms with Crippen LogP contribution in [0.2, 0.25) is 0 Å². The first-order valence-electron chi connectivity index (χ1n) is 7.77. The van der Waals surface area contributed by atoms with Crippen molar-refractivity contribution in [2.45, 2.75) is 6.54 Å². The van der Waals surface area contributed by atoms with Crippen molar-refractivity contribution in [1.82, 2.24) is 4.98 Å². The number of para-hydroxylation sites is 2. The molecule has 128 valence electrons. The fraction of sp³-hybridized carbons (Fsp3) is 0.158. The lowest BCUT2D eigenvalue weighted by molar-refractivity contribution is 0.100. The van der Waals surface area contributed by atoms with Gasteiger partial charge in [-0.15, -0.1) is 0 Å². The average Bonchev–Trinajstić information content (AvgIpc) is 2.64. The molecule has 0 unspecified atom stereocenters. The van der Waals surface area contributed by atoms with Crippen LogP contribution in [0.5, 0.6) is 11.5 Å². The molecule has 3 N–H and O–H groups in total. The summed E-state index contributed by atoms with van der Waals surface area (Å²) in [4.78, 5) is 16.3. The van der Waals surface area contributed by atoms with E-state index in [1.54, 1.807) is 20.3 Å². The summed E-state index contributed by atoms with van der Waals surface area (Å²) in [5.41, 5.74) is 7.57. The van der Waals surface area contributed by atoms with Crippen LogP contribution >= 0.6 is 0 Å². The summed E-state index contributed by atoms with van der Waals surface area (Å²) >= 11 is 0. The minimum absolute atomic E-state index is 0.436. The van der Waals surface area contributed by atoms with Gasteiger partial charge in [0.05, 0.1) is 25.3 Å². The van der Waals surface area contributed by atoms with Gasteiger partial charge in [0.25, 0.3) is 0 Å². The van der Waals surface area contributed by atoms with Crippen molar-refractivity contribution in [3.05, 3.63) is 59.7 Å². The maximum atomic E-state index is 11.8. The SMILES string of the molecule is COc1cccc(CNc2cc(C(N)=O)c3ccccc3n2)c1OC. The minimum Gasteiger partial charge on any atom is -0.493 e. The lowest BCUT2D eigenvalue weighted by atomic mass is 10.1. The van der Waals surface area contributed by atoms with Crippen LogP contribution in [0.3, 0.4) is 0 Å². The molecule has 1 heterocycles. The molecule has 25 heavy (non-hydrogen) atoms. The summed E-state index contributed by atoms with van der Waals surface area (Å²) in [6, 6.07) is 14.7. The van der Waals surface area contributed by atoms with E-state index < -0.39 is 5.91 Å². The van der Waals surface area contributed by atoms with Gasteiger partial charge in [-0.05, 0) is 18.2 Å². The Labute approximate surface area is 145 Å². The topological polar surface area (TPSA) is 86.5 Å². The highest BCUT2D eigenvalue weighted by molar-refractivity contribution is 6.06. The van der Waals surface area contributed by atoms with Crippen molar-refractivity contribution in [3.63, 3.8) is 0 Å². The number of benzene rings is 2. The van der Waals surface area contributed by atoms with Crippen molar-refractivity contribution >= 4 is 22.6 Å². The molecule has 0 aliphatic heterocycles. The maximum Gasteiger partial charge on any atom is 0.249 e. The van der Waals surface area contributed by atoms with Gasteiger partial charge in [0.2, 0.25) is 5.91 Å². The van der Waals surface area contributed by atoms with Gasteiger partial charge in [0.15, 0.2) is 11.5 Å². The van der Waals surface area contributed by atoms with Gasteiger partial charge < -0.3 is 20.5 Å². The molecule has 3 rings (SSSR count). The molecule has 0 atom stereocenters. The Kier molecular flexibility index (Phi) is 4.70. The molecule has 0 saturated heterocycles. The first-order valence-corrected chi connectivity index (χ1v) is 7.77. The number of primary amides is 1. The van der Waals surface area contributed by atoms with Crippen molar-refractivity contribution < 1.29 is 14.3 Å². The molecule has 6 heteroatoms. The van der Waals surface area contributed by atoms with Crippen LogP contribution in [0.15, 0.2) is 48.5 Å². The normalized spacial score (nSPS) is 10.5. The van der Waals surface area contributed by atoms with Gasteiger partial charge in [-0.3, -0.25) is 4.79 Å². The number of nitrogens with one attached hydrogen (secondary N) is 1. The highest BCUT2D eigenvalue weighted by Gasteiger charge is 2.12. The van der Waals surface area contributed by atoms with E-state index in [9.17, 15) is 4.79 Å². The average molecular weight is 337 g/mol. The van der Waals surface area contributed by atoms with Crippen molar-refractivity contribution in [3.8, 4) is 11.5 Å². The number of ether oxygens (including phenoxy) is 2. The number of hydrogen-bond donors (Lipinski definition) is 2. The van der Waals surface area contributed by atoms with Crippen molar-refractivity contribution in [1.29, 1.82) is 0 Å². The fourth-order valence-electron chi connectivity index (χ4n) is 2.75. The van der Waals surface area contributed by atoms with Crippen LogP contribution < -0.4 is 20.5 Å². The van der Waals surface area contributed by atoms with Crippen LogP contribution in [0.4, 0.5) is 5.82 Å². The van der Waals surface area contributed by atoms with E-state index in [0.717, 1.165) is 10.9 Å². The molecule has 0 aliphatic rings. The zero-order chi connectivity index (χ0) is 17.8. The third-order valence-corrected chi connectivity index (χ3v) is 3.93. The first kappa shape index (κ1) is 16.6. The highest BCUT2D eigenvalue weighted by Crippen LogP contribution is 2.31. The summed E-state index contributed by atoms with van der Waals surface area (Å²) in [6.07, 6.45) is 0. The minimum atomic E-state index is -0.486. The highest BCUT2D eigenvalue weighted by atomic mass is 16.5. The van der Waals surface area contributed by atoms with Gasteiger partial charge in [-0.25, -0.2) is 4.98 Å². The number of nitrogens with two attached hydrogens (primary N) is 1. The fourth-order valence-corrected chi connectivity index (χ4v) is 2.75. The summed E-state index contributed by atoms with van der Waals surface area (Å²) in [5.74, 6) is 1.40. The Morgan fingerprint density at radius 2 is 1.92 bits per heavy atom. The maximum absolute atomic E-state index is 11.8. The van der Waals surface area contributed by atoms with E-state index in [0.29, 0.717) is 34.9 Å². The molecular weight excluding hydrogens is 318 g/mol. The Morgan fingerprint density at radius 1 is 1.12 bits per heavy atom. The van der Waals surface area contributed by atoms with Crippen LogP contribution in [0.1, 0.15) is 15.9 Å². The van der Waals surface area contributed by atoms with Crippen molar-refractivity contribution in [2.75, 3.05) is 19.5 Å². The third kappa shape index (κ3) is 3.33. The van der Waals surface area contributed by atoms with Crippen LogP contribution in [-0.2, 0) is 6.54 Å². The van der Waals surface area contributed by atoms with Gasteiger partial charge >= 0.3 is 0 Å². The van der Waals surface area contributed by atoms with Crippen LogP contribution in [0.25, 0.3) is 10.9 Å². The number of anilines is 1. The van der Waals surface area contributed by atoms with Crippen molar-refractivity contribution in [2.24, 2.45) is 5.73 Å². The number of pyridine rings is 1. The molecule has 0 fully saturated rings. The second-order valence-electron chi connectivity index (χ2n) is 5.44. The summed E-state index contributed by atoms with van der Waals surface area (Å²) in [5, 5.41) is 3.96. The van der Waals surface area contributed by atoms with E-state index in [2.05, 4.69) is 10.3 Å². The van der Waals surface area contributed by atoms with Gasteiger partial charge in [0, 0.05) is 17.5 Å². The second kappa shape index (κ2) is 7.09. The first-order chi connectivity index (χ1) is 12.1. The number of rotatable bonds is 6. The standard InChI is InChI=1S/C19H19N3O3/c1-24-16-9-5-6-12(18(16)25-2)11-21-17-10-14(19(20)23)13-7-3-4-8-15(13)22-17/h3-10H,11H2,1-2H3,(H2,20,23)(H,21,22). The molecule has 3 aromatic rings. The number of methoxy groups -OCH3 is 2. The van der Waals surface area contributed by atoms with E-state index >= 15 is 0 Å². The Bertz CT molecular complexity index is 925. The van der Waals surface area contributed by atoms with E-state index in [4.69, 9.17) is 15.2 Å². The van der Waals surface area contributed by atoms with Gasteiger partial charge in [-0.1, -0.05) is 30.3 Å². The lowest BCUT2D eigenvalue weighted by Crippen LogP contribution is -2.13. The third-order valence-electron chi connectivity index (χ3n) is 3.93. The molecule has 1 amide bonds. The number of carbonyl (C=O) groups is 1. The number of amides is 1. The number of carbonyl (C=O) groups excluding carboxylic acids is 1. The van der Waals surface area contributed by atoms with E-state index in [-0.39, 0.29) is 0 Å². The molecule has 6 nitrogen and oxygen atoms in total. The number of hydrogen-bond acceptors (Lipinski definition) is 5. The largest absolute Gasteiger partial charge is 0.493 e. The van der Waals surface area contributed by atoms with Crippen LogP contribution in [0, 0.1) is 0 Å². The molecule has 0 saturated carbocycles. The summed E-state index contributed by atoms with van der Waals surface area (Å²) in [6.45, 7) is 0.462. The number of nitrogens with zero attached hydrogens (tertiary/aromatic N) is 1. The Balaban J connectivity index is 1.93. The summed E-state index contributed by atoms with van der Waals surface area (Å²) in [7, 11) is 3.19. The Hall–Kier alpha value is -3.28. The number of fused-ring (bicyclic) bond motifs is 1. The van der Waals surface area contributed by atoms with E-state index in [1.165, 1.54) is 0 Å². The second-order valence-corrected chi connectivity index (χ2v) is 5.44. The number of aromatic nitrogens is 1.